The van der Waals surface area contributed by atoms with Gasteiger partial charge in [0.05, 0.1) is 0 Å². The van der Waals surface area contributed by atoms with Crippen molar-refractivity contribution in [3.8, 4) is 0 Å². The summed E-state index contributed by atoms with van der Waals surface area (Å²) in [4.78, 5) is 11.8. The Hall–Kier alpha value is -1.67. The van der Waals surface area contributed by atoms with Gasteiger partial charge in [-0.3, -0.25) is 4.79 Å². The summed E-state index contributed by atoms with van der Waals surface area (Å²) in [5.41, 5.74) is 0. The SMILES string of the molecule is O=c1sc2ccccc2c2ccccc12. The van der Waals surface area contributed by atoms with Crippen LogP contribution in [-0.2, 0) is 0 Å². The van der Waals surface area contributed by atoms with Crippen molar-refractivity contribution in [2.75, 3.05) is 0 Å². The van der Waals surface area contributed by atoms with Gasteiger partial charge in [0.1, 0.15) is 0 Å². The Morgan fingerprint density at radius 1 is 0.733 bits per heavy atom. The first-order chi connectivity index (χ1) is 7.36. The molecule has 0 spiro atoms. The Kier molecular flexibility index (Phi) is 1.82. The van der Waals surface area contributed by atoms with Crippen LogP contribution in [0.15, 0.2) is 53.3 Å². The number of fused-ring (bicyclic) bond motifs is 3. The van der Waals surface area contributed by atoms with Gasteiger partial charge in [-0.25, -0.2) is 0 Å². The first-order valence-corrected chi connectivity index (χ1v) is 5.58. The van der Waals surface area contributed by atoms with Gasteiger partial charge in [0.2, 0.25) is 4.74 Å². The highest BCUT2D eigenvalue weighted by Gasteiger charge is 2.03. The molecular formula is C13H8OS. The second-order valence-electron chi connectivity index (χ2n) is 3.43. The summed E-state index contributed by atoms with van der Waals surface area (Å²) in [6.07, 6.45) is 0. The molecule has 0 saturated carbocycles. The van der Waals surface area contributed by atoms with E-state index in [1.54, 1.807) is 0 Å². The van der Waals surface area contributed by atoms with Gasteiger partial charge >= 0.3 is 0 Å². The lowest BCUT2D eigenvalue weighted by molar-refractivity contribution is 1.79. The lowest BCUT2D eigenvalue weighted by Crippen LogP contribution is -1.94. The molecule has 0 atom stereocenters. The minimum absolute atomic E-state index is 0.143. The van der Waals surface area contributed by atoms with Crippen LogP contribution in [0.25, 0.3) is 20.9 Å². The van der Waals surface area contributed by atoms with E-state index in [2.05, 4.69) is 6.07 Å². The van der Waals surface area contributed by atoms with E-state index in [0.717, 1.165) is 20.9 Å². The monoisotopic (exact) mass is 212 g/mol. The van der Waals surface area contributed by atoms with Crippen LogP contribution in [0.5, 0.6) is 0 Å². The van der Waals surface area contributed by atoms with Crippen molar-refractivity contribution in [3.63, 3.8) is 0 Å². The standard InChI is InChI=1S/C13H8OS/c14-13-11-7-2-1-5-9(11)10-6-3-4-8-12(10)15-13/h1-8H. The predicted octanol–water partition coefficient (Wildman–Crippen LogP) is 3.41. The van der Waals surface area contributed by atoms with Gasteiger partial charge in [-0.2, -0.15) is 0 Å². The van der Waals surface area contributed by atoms with Crippen molar-refractivity contribution >= 4 is 32.2 Å². The summed E-state index contributed by atoms with van der Waals surface area (Å²) >= 11 is 1.32. The highest BCUT2D eigenvalue weighted by atomic mass is 32.1. The normalized spacial score (nSPS) is 10.9. The molecule has 0 saturated heterocycles. The molecule has 1 nitrogen and oxygen atoms in total. The molecule has 2 heteroatoms. The molecule has 3 aromatic rings. The van der Waals surface area contributed by atoms with E-state index in [4.69, 9.17) is 0 Å². The average molecular weight is 212 g/mol. The topological polar surface area (TPSA) is 17.1 Å². The Morgan fingerprint density at radius 3 is 2.13 bits per heavy atom. The van der Waals surface area contributed by atoms with Crippen LogP contribution in [0.1, 0.15) is 0 Å². The first kappa shape index (κ1) is 8.62. The number of rotatable bonds is 0. The summed E-state index contributed by atoms with van der Waals surface area (Å²) in [6.45, 7) is 0. The van der Waals surface area contributed by atoms with Crippen LogP contribution in [0.3, 0.4) is 0 Å². The van der Waals surface area contributed by atoms with Crippen LogP contribution in [-0.4, -0.2) is 0 Å². The summed E-state index contributed by atoms with van der Waals surface area (Å²) in [7, 11) is 0. The molecular weight excluding hydrogens is 204 g/mol. The molecule has 15 heavy (non-hydrogen) atoms. The zero-order valence-corrected chi connectivity index (χ0v) is 8.75. The first-order valence-electron chi connectivity index (χ1n) is 4.77. The molecule has 0 unspecified atom stereocenters. The van der Waals surface area contributed by atoms with Crippen molar-refractivity contribution in [1.82, 2.24) is 0 Å². The van der Waals surface area contributed by atoms with Crippen LogP contribution >= 0.6 is 11.3 Å². The van der Waals surface area contributed by atoms with E-state index in [9.17, 15) is 4.79 Å². The molecule has 72 valence electrons. The smallest absolute Gasteiger partial charge is 0.240 e. The maximum Gasteiger partial charge on any atom is 0.240 e. The molecule has 2 aromatic carbocycles. The average Bonchev–Trinajstić information content (AvgIpc) is 2.30. The predicted molar refractivity (Wildman–Crippen MR) is 65.6 cm³/mol. The molecule has 0 N–H and O–H groups in total. The van der Waals surface area contributed by atoms with Crippen LogP contribution in [0.2, 0.25) is 0 Å². The van der Waals surface area contributed by atoms with Gasteiger partial charge in [-0.15, -0.1) is 0 Å². The van der Waals surface area contributed by atoms with Gasteiger partial charge in [0, 0.05) is 10.1 Å². The van der Waals surface area contributed by atoms with Gasteiger partial charge in [-0.1, -0.05) is 47.7 Å². The largest absolute Gasteiger partial charge is 0.277 e. The van der Waals surface area contributed by atoms with Crippen molar-refractivity contribution in [1.29, 1.82) is 0 Å². The van der Waals surface area contributed by atoms with E-state index in [0.29, 0.717) is 0 Å². The lowest BCUT2D eigenvalue weighted by Gasteiger charge is -2.00. The fraction of sp³-hybridized carbons (Fsp3) is 0. The zero-order valence-electron chi connectivity index (χ0n) is 7.94. The third-order valence-corrected chi connectivity index (χ3v) is 3.51. The molecule has 0 aliphatic rings. The molecule has 3 rings (SSSR count). The number of benzene rings is 2. The Bertz CT molecular complexity index is 697. The number of hydrogen-bond acceptors (Lipinski definition) is 2. The van der Waals surface area contributed by atoms with Crippen LogP contribution in [0.4, 0.5) is 0 Å². The summed E-state index contributed by atoms with van der Waals surface area (Å²) < 4.78 is 1.20. The molecule has 0 radical (unpaired) electrons. The quantitative estimate of drug-likeness (QED) is 0.522. The van der Waals surface area contributed by atoms with E-state index in [-0.39, 0.29) is 4.74 Å². The second-order valence-corrected chi connectivity index (χ2v) is 4.45. The molecule has 0 aliphatic heterocycles. The third kappa shape index (κ3) is 1.26. The molecule has 0 aliphatic carbocycles. The summed E-state index contributed by atoms with van der Waals surface area (Å²) in [5, 5.41) is 3.04. The minimum atomic E-state index is 0.143. The molecule has 1 aromatic heterocycles. The highest BCUT2D eigenvalue weighted by molar-refractivity contribution is 7.17. The van der Waals surface area contributed by atoms with Crippen molar-refractivity contribution in [3.05, 3.63) is 58.1 Å². The molecule has 1 heterocycles. The fourth-order valence-corrected chi connectivity index (χ4v) is 2.75. The van der Waals surface area contributed by atoms with Crippen LogP contribution in [0, 0.1) is 0 Å². The molecule has 0 bridgehead atoms. The van der Waals surface area contributed by atoms with Gasteiger partial charge < -0.3 is 0 Å². The second kappa shape index (κ2) is 3.17. The number of hydrogen-bond donors (Lipinski definition) is 0. The molecule has 0 amide bonds. The van der Waals surface area contributed by atoms with E-state index >= 15 is 0 Å². The fourth-order valence-electron chi connectivity index (χ4n) is 1.83. The molecule has 0 fully saturated rings. The van der Waals surface area contributed by atoms with Gasteiger partial charge in [0.25, 0.3) is 0 Å². The van der Waals surface area contributed by atoms with E-state index in [1.807, 2.05) is 42.5 Å². The summed E-state index contributed by atoms with van der Waals surface area (Å²) in [5.74, 6) is 0. The Morgan fingerprint density at radius 2 is 1.33 bits per heavy atom. The van der Waals surface area contributed by atoms with Gasteiger partial charge in [0.15, 0.2) is 0 Å². The maximum atomic E-state index is 11.8. The minimum Gasteiger partial charge on any atom is -0.277 e. The lowest BCUT2D eigenvalue weighted by atomic mass is 10.1. The highest BCUT2D eigenvalue weighted by Crippen LogP contribution is 2.24. The van der Waals surface area contributed by atoms with Crippen molar-refractivity contribution < 1.29 is 0 Å². The Labute approximate surface area is 90.6 Å². The van der Waals surface area contributed by atoms with Crippen LogP contribution < -0.4 is 4.74 Å². The van der Waals surface area contributed by atoms with E-state index in [1.165, 1.54) is 11.3 Å². The zero-order chi connectivity index (χ0) is 10.3. The van der Waals surface area contributed by atoms with Crippen molar-refractivity contribution in [2.45, 2.75) is 0 Å². The third-order valence-electron chi connectivity index (χ3n) is 2.53. The van der Waals surface area contributed by atoms with Crippen molar-refractivity contribution in [2.24, 2.45) is 0 Å². The van der Waals surface area contributed by atoms with E-state index < -0.39 is 0 Å². The van der Waals surface area contributed by atoms with Gasteiger partial charge in [-0.05, 0) is 22.9 Å². The summed E-state index contributed by atoms with van der Waals surface area (Å²) in [6, 6.07) is 15.8. The Balaban J connectivity index is 2.70. The maximum absolute atomic E-state index is 11.8.